The molecule has 0 aliphatic rings. The molecule has 2 nitrogen and oxygen atoms in total. The molecule has 0 aliphatic heterocycles. The summed E-state index contributed by atoms with van der Waals surface area (Å²) in [6.45, 7) is -0.870. The van der Waals surface area contributed by atoms with Crippen molar-refractivity contribution in [1.29, 1.82) is 0 Å². The van der Waals surface area contributed by atoms with Crippen molar-refractivity contribution in [2.24, 2.45) is 5.73 Å². The zero-order valence-electron chi connectivity index (χ0n) is 7.56. The molecule has 78 valence electrons. The lowest BCUT2D eigenvalue weighted by Gasteiger charge is -2.10. The zero-order chi connectivity index (χ0) is 10.7. The molecule has 0 saturated heterocycles. The number of nitrogens with two attached hydrogens (primary N) is 1. The first-order valence-electron chi connectivity index (χ1n) is 3.94. The van der Waals surface area contributed by atoms with Crippen LogP contribution in [-0.4, -0.2) is 13.8 Å². The van der Waals surface area contributed by atoms with E-state index >= 15 is 0 Å². The summed E-state index contributed by atoms with van der Waals surface area (Å²) in [4.78, 5) is 0. The molecule has 1 aromatic carbocycles. The van der Waals surface area contributed by atoms with Gasteiger partial charge >= 0.3 is 0 Å². The molecule has 0 bridgehead atoms. The van der Waals surface area contributed by atoms with Crippen molar-refractivity contribution in [3.63, 3.8) is 0 Å². The summed E-state index contributed by atoms with van der Waals surface area (Å²) in [5, 5.41) is 0. The van der Waals surface area contributed by atoms with Crippen LogP contribution in [0.15, 0.2) is 12.1 Å². The van der Waals surface area contributed by atoms with Crippen molar-refractivity contribution in [1.82, 2.24) is 0 Å². The fraction of sp³-hybridized carbons (Fsp3) is 0.333. The van der Waals surface area contributed by atoms with E-state index in [0.29, 0.717) is 0 Å². The quantitative estimate of drug-likeness (QED) is 0.818. The minimum absolute atomic E-state index is 0.0725. The highest BCUT2D eigenvalue weighted by molar-refractivity contribution is 5.32. The van der Waals surface area contributed by atoms with Gasteiger partial charge in [0.2, 0.25) is 0 Å². The third-order valence-corrected chi connectivity index (χ3v) is 1.82. The van der Waals surface area contributed by atoms with Crippen LogP contribution in [0.2, 0.25) is 0 Å². The topological polar surface area (TPSA) is 35.2 Å². The summed E-state index contributed by atoms with van der Waals surface area (Å²) >= 11 is 0. The molecule has 14 heavy (non-hydrogen) atoms. The third kappa shape index (κ3) is 1.98. The third-order valence-electron chi connectivity index (χ3n) is 1.82. The van der Waals surface area contributed by atoms with E-state index in [2.05, 4.69) is 4.74 Å². The molecular formula is C9H10F3NO. The van der Waals surface area contributed by atoms with Crippen LogP contribution in [0, 0.1) is 11.6 Å². The average Bonchev–Trinajstić information content (AvgIpc) is 2.16. The predicted octanol–water partition coefficient (Wildman–Crippen LogP) is 1.94. The maximum absolute atomic E-state index is 13.1. The first-order valence-corrected chi connectivity index (χ1v) is 3.94. The molecule has 5 heteroatoms. The summed E-state index contributed by atoms with van der Waals surface area (Å²) in [5.41, 5.74) is 5.35. The minimum Gasteiger partial charge on any atom is -0.491 e. The van der Waals surface area contributed by atoms with E-state index in [4.69, 9.17) is 5.73 Å². The van der Waals surface area contributed by atoms with Gasteiger partial charge in [-0.1, -0.05) is 0 Å². The van der Waals surface area contributed by atoms with Gasteiger partial charge in [-0.25, -0.2) is 13.2 Å². The van der Waals surface area contributed by atoms with Crippen molar-refractivity contribution in [3.8, 4) is 5.75 Å². The first-order chi connectivity index (χ1) is 6.60. The summed E-state index contributed by atoms with van der Waals surface area (Å²) in [6, 6.07) is 0.920. The Balaban J connectivity index is 3.13. The van der Waals surface area contributed by atoms with E-state index in [9.17, 15) is 13.2 Å². The van der Waals surface area contributed by atoms with Gasteiger partial charge in [0.25, 0.3) is 0 Å². The highest BCUT2D eigenvalue weighted by Gasteiger charge is 2.14. The summed E-state index contributed by atoms with van der Waals surface area (Å²) in [6.07, 6.45) is 0. The van der Waals surface area contributed by atoms with Gasteiger partial charge in [0, 0.05) is 0 Å². The van der Waals surface area contributed by atoms with Crippen molar-refractivity contribution in [2.45, 2.75) is 6.04 Å². The number of methoxy groups -OCH3 is 1. The van der Waals surface area contributed by atoms with E-state index < -0.39 is 30.1 Å². The second kappa shape index (κ2) is 4.32. The van der Waals surface area contributed by atoms with Crippen molar-refractivity contribution in [3.05, 3.63) is 29.3 Å². The first kappa shape index (κ1) is 10.8. The van der Waals surface area contributed by atoms with Crippen LogP contribution in [0.25, 0.3) is 0 Å². The summed E-state index contributed by atoms with van der Waals surface area (Å²) in [7, 11) is 1.15. The molecule has 1 aromatic rings. The smallest absolute Gasteiger partial charge is 0.190 e. The number of ether oxygens (including phenoxy) is 1. The second-order valence-corrected chi connectivity index (χ2v) is 2.78. The Labute approximate surface area is 79.5 Å². The highest BCUT2D eigenvalue weighted by atomic mass is 19.1. The molecule has 0 amide bonds. The minimum atomic E-state index is -1.01. The number of alkyl halides is 1. The number of hydrogen-bond donors (Lipinski definition) is 1. The van der Waals surface area contributed by atoms with Gasteiger partial charge in [-0.15, -0.1) is 0 Å². The summed E-state index contributed by atoms with van der Waals surface area (Å²) in [5.74, 6) is -2.25. The maximum atomic E-state index is 13.1. The molecule has 0 aliphatic carbocycles. The Kier molecular flexibility index (Phi) is 3.35. The molecule has 2 N–H and O–H groups in total. The summed E-state index contributed by atoms with van der Waals surface area (Å²) < 4.78 is 42.7. The van der Waals surface area contributed by atoms with Crippen LogP contribution in [0.1, 0.15) is 11.6 Å². The van der Waals surface area contributed by atoms with Crippen LogP contribution >= 0.6 is 0 Å². The standard InChI is InChI=1S/C9H10F3NO/c1-14-9-6(11)2-5(3-7(9)12)8(13)4-10/h2-3,8H,4,13H2,1H3/t8-/m0/s1. The zero-order valence-corrected chi connectivity index (χ0v) is 7.56. The van der Waals surface area contributed by atoms with Crippen molar-refractivity contribution >= 4 is 0 Å². The highest BCUT2D eigenvalue weighted by Crippen LogP contribution is 2.25. The van der Waals surface area contributed by atoms with Gasteiger partial charge in [-0.3, -0.25) is 0 Å². The fourth-order valence-electron chi connectivity index (χ4n) is 1.08. The van der Waals surface area contributed by atoms with Crippen LogP contribution in [0.4, 0.5) is 13.2 Å². The molecule has 0 fully saturated rings. The molecule has 0 heterocycles. The molecule has 0 aromatic heterocycles. The Morgan fingerprint density at radius 3 is 2.21 bits per heavy atom. The lowest BCUT2D eigenvalue weighted by atomic mass is 10.1. The molecule has 1 atom stereocenters. The van der Waals surface area contributed by atoms with Crippen LogP contribution < -0.4 is 10.5 Å². The monoisotopic (exact) mass is 205 g/mol. The van der Waals surface area contributed by atoms with Crippen LogP contribution in [-0.2, 0) is 0 Å². The van der Waals surface area contributed by atoms with E-state index in [1.54, 1.807) is 0 Å². The van der Waals surface area contributed by atoms with Crippen LogP contribution in [0.3, 0.4) is 0 Å². The van der Waals surface area contributed by atoms with Crippen molar-refractivity contribution in [2.75, 3.05) is 13.8 Å². The molecule has 0 saturated carbocycles. The molecule has 1 rings (SSSR count). The fourth-order valence-corrected chi connectivity index (χ4v) is 1.08. The number of halogens is 3. The van der Waals surface area contributed by atoms with Gasteiger partial charge < -0.3 is 10.5 Å². The normalized spacial score (nSPS) is 12.6. The second-order valence-electron chi connectivity index (χ2n) is 2.78. The Hall–Kier alpha value is -1.23. The Morgan fingerprint density at radius 2 is 1.86 bits per heavy atom. The predicted molar refractivity (Wildman–Crippen MR) is 45.8 cm³/mol. The van der Waals surface area contributed by atoms with Gasteiger partial charge in [0.1, 0.15) is 6.67 Å². The number of hydrogen-bond acceptors (Lipinski definition) is 2. The molecule has 0 unspecified atom stereocenters. The van der Waals surface area contributed by atoms with Gasteiger partial charge in [-0.2, -0.15) is 0 Å². The lowest BCUT2D eigenvalue weighted by molar-refractivity contribution is 0.357. The van der Waals surface area contributed by atoms with Crippen molar-refractivity contribution < 1.29 is 17.9 Å². The largest absolute Gasteiger partial charge is 0.491 e. The lowest BCUT2D eigenvalue weighted by Crippen LogP contribution is -2.13. The average molecular weight is 205 g/mol. The van der Waals surface area contributed by atoms with Crippen LogP contribution in [0.5, 0.6) is 5.75 Å². The maximum Gasteiger partial charge on any atom is 0.190 e. The van der Waals surface area contributed by atoms with E-state index in [1.165, 1.54) is 0 Å². The van der Waals surface area contributed by atoms with Gasteiger partial charge in [-0.05, 0) is 17.7 Å². The Bertz CT molecular complexity index is 307. The molecule has 0 radical (unpaired) electrons. The van der Waals surface area contributed by atoms with Gasteiger partial charge in [0.15, 0.2) is 17.4 Å². The van der Waals surface area contributed by atoms with Gasteiger partial charge in [0.05, 0.1) is 13.2 Å². The molecule has 0 spiro atoms. The van der Waals surface area contributed by atoms with E-state index in [-0.39, 0.29) is 5.56 Å². The number of rotatable bonds is 3. The van der Waals surface area contributed by atoms with E-state index in [0.717, 1.165) is 19.2 Å². The van der Waals surface area contributed by atoms with E-state index in [1.807, 2.05) is 0 Å². The SMILES string of the molecule is COc1c(F)cc([C@@H](N)CF)cc1F. The number of benzene rings is 1. The molecular weight excluding hydrogens is 195 g/mol. The Morgan fingerprint density at radius 1 is 1.36 bits per heavy atom.